The summed E-state index contributed by atoms with van der Waals surface area (Å²) in [5.74, 6) is -1.14. The Labute approximate surface area is 99.2 Å². The minimum absolute atomic E-state index is 0.0422. The van der Waals surface area contributed by atoms with Crippen molar-refractivity contribution in [1.82, 2.24) is 0 Å². The van der Waals surface area contributed by atoms with Crippen LogP contribution >= 0.6 is 15.9 Å². The SMILES string of the molecule is O=C(c1ccc2ccc(Br)cc2c1)C(F)F. The van der Waals surface area contributed by atoms with E-state index in [9.17, 15) is 13.6 Å². The number of hydrogen-bond acceptors (Lipinski definition) is 1. The fourth-order valence-corrected chi connectivity index (χ4v) is 1.88. The zero-order valence-corrected chi connectivity index (χ0v) is 9.67. The lowest BCUT2D eigenvalue weighted by atomic mass is 10.0. The van der Waals surface area contributed by atoms with Gasteiger partial charge in [-0.25, -0.2) is 8.78 Å². The maximum atomic E-state index is 12.2. The van der Waals surface area contributed by atoms with E-state index in [0.29, 0.717) is 0 Å². The van der Waals surface area contributed by atoms with Gasteiger partial charge in [-0.1, -0.05) is 34.1 Å². The van der Waals surface area contributed by atoms with Crippen LogP contribution < -0.4 is 0 Å². The van der Waals surface area contributed by atoms with Gasteiger partial charge in [0.05, 0.1) is 0 Å². The molecule has 0 saturated carbocycles. The Kier molecular flexibility index (Phi) is 3.01. The largest absolute Gasteiger partial charge is 0.300 e. The number of hydrogen-bond donors (Lipinski definition) is 0. The molecule has 0 atom stereocenters. The molecule has 0 aliphatic rings. The molecule has 0 unspecified atom stereocenters. The molecule has 1 nitrogen and oxygen atoms in total. The fraction of sp³-hybridized carbons (Fsp3) is 0.0833. The second-order valence-corrected chi connectivity index (χ2v) is 4.29. The third-order valence-electron chi connectivity index (χ3n) is 2.29. The Bertz CT molecular complexity index is 552. The average Bonchev–Trinajstić information content (AvgIpc) is 2.26. The first-order chi connectivity index (χ1) is 7.58. The molecule has 0 saturated heterocycles. The van der Waals surface area contributed by atoms with E-state index in [1.54, 1.807) is 12.1 Å². The second kappa shape index (κ2) is 4.29. The number of benzene rings is 2. The quantitative estimate of drug-likeness (QED) is 0.761. The van der Waals surface area contributed by atoms with Crippen LogP contribution in [0.15, 0.2) is 40.9 Å². The predicted molar refractivity (Wildman–Crippen MR) is 62.0 cm³/mol. The molecule has 82 valence electrons. The third-order valence-corrected chi connectivity index (χ3v) is 2.78. The molecule has 0 bridgehead atoms. The van der Waals surface area contributed by atoms with Gasteiger partial charge in [0.1, 0.15) is 0 Å². The zero-order valence-electron chi connectivity index (χ0n) is 8.08. The van der Waals surface area contributed by atoms with Gasteiger partial charge in [0.15, 0.2) is 0 Å². The highest BCUT2D eigenvalue weighted by molar-refractivity contribution is 9.10. The van der Waals surface area contributed by atoms with Gasteiger partial charge in [-0.15, -0.1) is 0 Å². The van der Waals surface area contributed by atoms with Gasteiger partial charge in [0.2, 0.25) is 5.78 Å². The maximum Gasteiger partial charge on any atom is 0.300 e. The van der Waals surface area contributed by atoms with Crippen LogP contribution in [0.25, 0.3) is 10.8 Å². The van der Waals surface area contributed by atoms with E-state index in [1.807, 2.05) is 12.1 Å². The first-order valence-corrected chi connectivity index (χ1v) is 5.39. The zero-order chi connectivity index (χ0) is 11.7. The molecule has 4 heteroatoms. The van der Waals surface area contributed by atoms with E-state index in [-0.39, 0.29) is 5.56 Å². The van der Waals surface area contributed by atoms with Crippen LogP contribution in [0.2, 0.25) is 0 Å². The van der Waals surface area contributed by atoms with Crippen LogP contribution in [-0.2, 0) is 0 Å². The van der Waals surface area contributed by atoms with Crippen molar-refractivity contribution in [3.63, 3.8) is 0 Å². The molecule has 0 radical (unpaired) electrons. The van der Waals surface area contributed by atoms with Crippen LogP contribution in [0.3, 0.4) is 0 Å². The summed E-state index contributed by atoms with van der Waals surface area (Å²) in [5, 5.41) is 1.68. The Morgan fingerprint density at radius 1 is 1.06 bits per heavy atom. The molecule has 2 rings (SSSR count). The summed E-state index contributed by atoms with van der Waals surface area (Å²) in [5.41, 5.74) is 0.0422. The third kappa shape index (κ3) is 2.11. The number of rotatable bonds is 2. The molecule has 0 aliphatic heterocycles. The topological polar surface area (TPSA) is 17.1 Å². The number of Topliss-reactive ketones (excluding diaryl/α,β-unsaturated/α-hetero) is 1. The van der Waals surface area contributed by atoms with E-state index in [1.165, 1.54) is 12.1 Å². The Morgan fingerprint density at radius 3 is 2.44 bits per heavy atom. The molecule has 0 aromatic heterocycles. The molecule has 0 aliphatic carbocycles. The molecule has 16 heavy (non-hydrogen) atoms. The number of carbonyl (C=O) groups excluding carboxylic acids is 1. The molecule has 0 heterocycles. The molecule has 0 fully saturated rings. The summed E-state index contributed by atoms with van der Waals surface area (Å²) in [7, 11) is 0. The summed E-state index contributed by atoms with van der Waals surface area (Å²) in [6.07, 6.45) is -2.95. The van der Waals surface area contributed by atoms with Crippen molar-refractivity contribution in [3.8, 4) is 0 Å². The van der Waals surface area contributed by atoms with Crippen molar-refractivity contribution in [1.29, 1.82) is 0 Å². The van der Waals surface area contributed by atoms with Gasteiger partial charge in [0, 0.05) is 10.0 Å². The minimum atomic E-state index is -2.95. The van der Waals surface area contributed by atoms with Gasteiger partial charge >= 0.3 is 6.43 Å². The van der Waals surface area contributed by atoms with Crippen molar-refractivity contribution < 1.29 is 13.6 Å². The van der Waals surface area contributed by atoms with Crippen molar-refractivity contribution in [2.24, 2.45) is 0 Å². The van der Waals surface area contributed by atoms with E-state index in [2.05, 4.69) is 15.9 Å². The lowest BCUT2D eigenvalue weighted by Gasteiger charge is -2.03. The molecule has 0 N–H and O–H groups in total. The Balaban J connectivity index is 2.55. The summed E-state index contributed by atoms with van der Waals surface area (Å²) in [6, 6.07) is 10.1. The van der Waals surface area contributed by atoms with Crippen LogP contribution in [0, 0.1) is 0 Å². The Morgan fingerprint density at radius 2 is 1.75 bits per heavy atom. The normalized spacial score (nSPS) is 11.0. The number of alkyl halides is 2. The maximum absolute atomic E-state index is 12.2. The van der Waals surface area contributed by atoms with Crippen LogP contribution in [0.1, 0.15) is 10.4 Å². The highest BCUT2D eigenvalue weighted by Crippen LogP contribution is 2.22. The number of carbonyl (C=O) groups is 1. The summed E-state index contributed by atoms with van der Waals surface area (Å²) >= 11 is 3.29. The van der Waals surface area contributed by atoms with E-state index >= 15 is 0 Å². The number of fused-ring (bicyclic) bond motifs is 1. The van der Waals surface area contributed by atoms with Crippen molar-refractivity contribution in [2.75, 3.05) is 0 Å². The minimum Gasteiger partial charge on any atom is -0.288 e. The lowest BCUT2D eigenvalue weighted by Crippen LogP contribution is -2.09. The predicted octanol–water partition coefficient (Wildman–Crippen LogP) is 4.05. The van der Waals surface area contributed by atoms with Crippen LogP contribution in [0.5, 0.6) is 0 Å². The molecule has 2 aromatic carbocycles. The summed E-state index contributed by atoms with van der Waals surface area (Å²) < 4.78 is 25.3. The Hall–Kier alpha value is -1.29. The fourth-order valence-electron chi connectivity index (χ4n) is 1.50. The van der Waals surface area contributed by atoms with E-state index < -0.39 is 12.2 Å². The molecule has 0 amide bonds. The second-order valence-electron chi connectivity index (χ2n) is 3.37. The lowest BCUT2D eigenvalue weighted by molar-refractivity contribution is 0.0679. The highest BCUT2D eigenvalue weighted by Gasteiger charge is 2.17. The molecular formula is C12H7BrF2O. The smallest absolute Gasteiger partial charge is 0.288 e. The standard InChI is InChI=1S/C12H7BrF2O/c13-10-4-3-7-1-2-8(5-9(7)6-10)11(16)12(14)15/h1-6,12H. The van der Waals surface area contributed by atoms with Gasteiger partial charge in [0.25, 0.3) is 0 Å². The summed E-state index contributed by atoms with van der Waals surface area (Å²) in [4.78, 5) is 11.1. The molecular weight excluding hydrogens is 278 g/mol. The number of ketones is 1. The van der Waals surface area contributed by atoms with Crippen molar-refractivity contribution in [3.05, 3.63) is 46.4 Å². The van der Waals surface area contributed by atoms with Gasteiger partial charge in [-0.3, -0.25) is 4.79 Å². The van der Waals surface area contributed by atoms with E-state index in [4.69, 9.17) is 0 Å². The molecule has 2 aromatic rings. The highest BCUT2D eigenvalue weighted by atomic mass is 79.9. The monoisotopic (exact) mass is 284 g/mol. The number of halogens is 3. The molecule has 0 spiro atoms. The van der Waals surface area contributed by atoms with Crippen LogP contribution in [0.4, 0.5) is 8.78 Å². The van der Waals surface area contributed by atoms with Gasteiger partial charge < -0.3 is 0 Å². The van der Waals surface area contributed by atoms with Crippen molar-refractivity contribution >= 4 is 32.5 Å². The van der Waals surface area contributed by atoms with Crippen molar-refractivity contribution in [2.45, 2.75) is 6.43 Å². The van der Waals surface area contributed by atoms with Gasteiger partial charge in [-0.05, 0) is 29.0 Å². The first kappa shape index (κ1) is 11.2. The first-order valence-electron chi connectivity index (χ1n) is 4.59. The van der Waals surface area contributed by atoms with Gasteiger partial charge in [-0.2, -0.15) is 0 Å². The van der Waals surface area contributed by atoms with Crippen LogP contribution in [-0.4, -0.2) is 12.2 Å². The summed E-state index contributed by atoms with van der Waals surface area (Å²) in [6.45, 7) is 0. The van der Waals surface area contributed by atoms with E-state index in [0.717, 1.165) is 15.2 Å². The average molecular weight is 285 g/mol.